The summed E-state index contributed by atoms with van der Waals surface area (Å²) in [6.07, 6.45) is 3.33. The zero-order valence-electron chi connectivity index (χ0n) is 18.0. The van der Waals surface area contributed by atoms with E-state index < -0.39 is 10.0 Å². The fourth-order valence-corrected chi connectivity index (χ4v) is 4.56. The summed E-state index contributed by atoms with van der Waals surface area (Å²) in [6, 6.07) is 12.8. The summed E-state index contributed by atoms with van der Waals surface area (Å²) in [5.74, 6) is -0.0872. The normalized spacial score (nSPS) is 17.3. The number of nitrogens with one attached hydrogen (secondary N) is 1. The summed E-state index contributed by atoms with van der Waals surface area (Å²) in [7, 11) is -1.60. The van der Waals surface area contributed by atoms with Crippen molar-refractivity contribution in [3.05, 3.63) is 59.2 Å². The van der Waals surface area contributed by atoms with Crippen LogP contribution in [0.4, 0.5) is 11.4 Å². The minimum atomic E-state index is -3.33. The molecule has 0 radical (unpaired) electrons. The van der Waals surface area contributed by atoms with Crippen LogP contribution < -0.4 is 9.62 Å². The Bertz CT molecular complexity index is 1040. The van der Waals surface area contributed by atoms with Gasteiger partial charge in [-0.05, 0) is 71.2 Å². The van der Waals surface area contributed by atoms with Crippen molar-refractivity contribution in [2.45, 2.75) is 51.4 Å². The highest BCUT2D eigenvalue weighted by Gasteiger charge is 2.37. The molecule has 0 saturated carbocycles. The lowest BCUT2D eigenvalue weighted by Crippen LogP contribution is -2.34. The first-order chi connectivity index (χ1) is 13.3. The molecule has 0 saturated heterocycles. The maximum atomic E-state index is 13.1. The highest BCUT2D eigenvalue weighted by atomic mass is 32.2. The van der Waals surface area contributed by atoms with Crippen molar-refractivity contribution in [1.29, 1.82) is 0 Å². The van der Waals surface area contributed by atoms with Crippen molar-refractivity contribution in [2.24, 2.45) is 0 Å². The van der Waals surface area contributed by atoms with E-state index in [9.17, 15) is 13.2 Å². The number of amides is 1. The van der Waals surface area contributed by atoms with E-state index in [4.69, 9.17) is 0 Å². The van der Waals surface area contributed by atoms with Gasteiger partial charge in [-0.2, -0.15) is 0 Å². The molecular weight excluding hydrogens is 384 g/mol. The Balaban J connectivity index is 1.89. The van der Waals surface area contributed by atoms with Gasteiger partial charge in [-0.1, -0.05) is 33.8 Å². The van der Waals surface area contributed by atoms with Gasteiger partial charge in [0.25, 0.3) is 5.91 Å². The predicted octanol–water partition coefficient (Wildman–Crippen LogP) is 4.68. The molecule has 1 aliphatic carbocycles. The highest BCUT2D eigenvalue weighted by molar-refractivity contribution is 7.92. The molecule has 0 aliphatic heterocycles. The van der Waals surface area contributed by atoms with Crippen LogP contribution in [0.3, 0.4) is 0 Å². The first-order valence-electron chi connectivity index (χ1n) is 9.81. The molecular formula is C23H30N2O3S. The van der Waals surface area contributed by atoms with Crippen LogP contribution in [0.1, 0.15) is 62.0 Å². The molecule has 0 atom stereocenters. The molecule has 2 aromatic rings. The molecule has 3 rings (SSSR count). The van der Waals surface area contributed by atoms with Crippen molar-refractivity contribution in [3.8, 4) is 0 Å². The average Bonchev–Trinajstić information content (AvgIpc) is 2.63. The fourth-order valence-electron chi connectivity index (χ4n) is 4.00. The summed E-state index contributed by atoms with van der Waals surface area (Å²) in [5, 5.41) is 0. The molecule has 2 aromatic carbocycles. The Labute approximate surface area is 174 Å². The standard InChI is InChI=1S/C23H30N2O3S/c1-22(2)13-14-23(3,4)20-15-16(7-12-19(20)22)21(26)25(5)18-10-8-17(9-11-18)24-29(6,27)28/h7-12,15,24H,13-14H2,1-6H3. The number of carbonyl (C=O) groups excluding carboxylic acids is 1. The molecule has 29 heavy (non-hydrogen) atoms. The fraction of sp³-hybridized carbons (Fsp3) is 0.435. The molecule has 6 heteroatoms. The van der Waals surface area contributed by atoms with E-state index in [1.54, 1.807) is 36.2 Å². The number of fused-ring (bicyclic) bond motifs is 1. The van der Waals surface area contributed by atoms with Crippen LogP contribution in [0.2, 0.25) is 0 Å². The third kappa shape index (κ3) is 4.47. The van der Waals surface area contributed by atoms with Gasteiger partial charge in [0.15, 0.2) is 0 Å². The number of benzene rings is 2. The summed E-state index contributed by atoms with van der Waals surface area (Å²) >= 11 is 0. The molecule has 0 spiro atoms. The Kier molecular flexibility index (Phi) is 5.28. The van der Waals surface area contributed by atoms with Crippen LogP contribution in [-0.4, -0.2) is 27.6 Å². The highest BCUT2D eigenvalue weighted by Crippen LogP contribution is 2.46. The van der Waals surface area contributed by atoms with Crippen LogP contribution in [0.25, 0.3) is 0 Å². The minimum absolute atomic E-state index is 0.0404. The van der Waals surface area contributed by atoms with E-state index in [1.807, 2.05) is 6.07 Å². The van der Waals surface area contributed by atoms with Crippen molar-refractivity contribution < 1.29 is 13.2 Å². The number of carbonyl (C=O) groups is 1. The van der Waals surface area contributed by atoms with Crippen LogP contribution in [0.5, 0.6) is 0 Å². The topological polar surface area (TPSA) is 66.5 Å². The maximum Gasteiger partial charge on any atom is 0.258 e. The van der Waals surface area contributed by atoms with Gasteiger partial charge >= 0.3 is 0 Å². The van der Waals surface area contributed by atoms with Crippen molar-refractivity contribution >= 4 is 27.3 Å². The Morgan fingerprint density at radius 3 is 2.03 bits per heavy atom. The smallest absolute Gasteiger partial charge is 0.258 e. The number of nitrogens with zero attached hydrogens (tertiary/aromatic N) is 1. The third-order valence-corrected chi connectivity index (χ3v) is 6.57. The van der Waals surface area contributed by atoms with Crippen LogP contribution in [-0.2, 0) is 20.9 Å². The van der Waals surface area contributed by atoms with E-state index in [0.717, 1.165) is 19.1 Å². The maximum absolute atomic E-state index is 13.1. The molecule has 156 valence electrons. The van der Waals surface area contributed by atoms with E-state index in [0.29, 0.717) is 16.9 Å². The van der Waals surface area contributed by atoms with Crippen molar-refractivity contribution in [2.75, 3.05) is 22.9 Å². The molecule has 0 aromatic heterocycles. The summed E-state index contributed by atoms with van der Waals surface area (Å²) in [6.45, 7) is 9.01. The quantitative estimate of drug-likeness (QED) is 0.790. The lowest BCUT2D eigenvalue weighted by molar-refractivity contribution is 0.0992. The first kappa shape index (κ1) is 21.4. The largest absolute Gasteiger partial charge is 0.311 e. The predicted molar refractivity (Wildman–Crippen MR) is 119 cm³/mol. The molecule has 0 heterocycles. The Morgan fingerprint density at radius 1 is 0.931 bits per heavy atom. The second kappa shape index (κ2) is 7.17. The number of rotatable bonds is 4. The molecule has 0 bridgehead atoms. The second-order valence-corrected chi connectivity index (χ2v) is 11.1. The molecule has 0 fully saturated rings. The van der Waals surface area contributed by atoms with Crippen molar-refractivity contribution in [1.82, 2.24) is 0 Å². The number of hydrogen-bond donors (Lipinski definition) is 1. The average molecular weight is 415 g/mol. The lowest BCUT2D eigenvalue weighted by atomic mass is 9.63. The van der Waals surface area contributed by atoms with E-state index >= 15 is 0 Å². The molecule has 1 aliphatic rings. The van der Waals surface area contributed by atoms with Gasteiger partial charge in [0.2, 0.25) is 10.0 Å². The second-order valence-electron chi connectivity index (χ2n) is 9.31. The molecule has 1 amide bonds. The summed E-state index contributed by atoms with van der Waals surface area (Å²) in [4.78, 5) is 14.7. The van der Waals surface area contributed by atoms with Gasteiger partial charge in [0, 0.05) is 24.0 Å². The number of sulfonamides is 1. The van der Waals surface area contributed by atoms with Gasteiger partial charge in [-0.15, -0.1) is 0 Å². The number of hydrogen-bond acceptors (Lipinski definition) is 3. The van der Waals surface area contributed by atoms with E-state index in [2.05, 4.69) is 44.5 Å². The minimum Gasteiger partial charge on any atom is -0.311 e. The van der Waals surface area contributed by atoms with Gasteiger partial charge in [0.1, 0.15) is 0 Å². The van der Waals surface area contributed by atoms with Crippen LogP contribution in [0, 0.1) is 0 Å². The molecule has 1 N–H and O–H groups in total. The van der Waals surface area contributed by atoms with Crippen LogP contribution >= 0.6 is 0 Å². The van der Waals surface area contributed by atoms with Gasteiger partial charge < -0.3 is 4.90 Å². The van der Waals surface area contributed by atoms with Gasteiger partial charge in [0.05, 0.1) is 6.26 Å². The SMILES string of the molecule is CN(C(=O)c1ccc2c(c1)C(C)(C)CCC2(C)C)c1ccc(NS(C)(=O)=O)cc1. The zero-order chi connectivity index (χ0) is 21.6. The Morgan fingerprint density at radius 2 is 1.48 bits per heavy atom. The van der Waals surface area contributed by atoms with E-state index in [-0.39, 0.29) is 16.7 Å². The monoisotopic (exact) mass is 414 g/mol. The summed E-state index contributed by atoms with van der Waals surface area (Å²) in [5.41, 5.74) is 4.56. The Hall–Kier alpha value is -2.34. The molecule has 5 nitrogen and oxygen atoms in total. The first-order valence-corrected chi connectivity index (χ1v) is 11.7. The number of anilines is 2. The van der Waals surface area contributed by atoms with Gasteiger partial charge in [-0.3, -0.25) is 9.52 Å². The summed E-state index contributed by atoms with van der Waals surface area (Å²) < 4.78 is 25.1. The van der Waals surface area contributed by atoms with Crippen molar-refractivity contribution in [3.63, 3.8) is 0 Å². The lowest BCUT2D eigenvalue weighted by Gasteiger charge is -2.42. The third-order valence-electron chi connectivity index (χ3n) is 5.96. The van der Waals surface area contributed by atoms with Crippen LogP contribution in [0.15, 0.2) is 42.5 Å². The van der Waals surface area contributed by atoms with Gasteiger partial charge in [-0.25, -0.2) is 8.42 Å². The zero-order valence-corrected chi connectivity index (χ0v) is 18.9. The molecule has 0 unspecified atom stereocenters. The van der Waals surface area contributed by atoms with E-state index in [1.165, 1.54) is 11.1 Å².